The molecule has 3 rings (SSSR count). The van der Waals surface area contributed by atoms with E-state index in [9.17, 15) is 0 Å². The van der Waals surface area contributed by atoms with Gasteiger partial charge in [0.05, 0.1) is 7.11 Å². The second-order valence-corrected chi connectivity index (χ2v) is 7.17. The maximum atomic E-state index is 6.20. The second-order valence-electron chi connectivity index (χ2n) is 7.17. The van der Waals surface area contributed by atoms with Gasteiger partial charge in [-0.2, -0.15) is 0 Å². The van der Waals surface area contributed by atoms with Crippen molar-refractivity contribution in [3.8, 4) is 5.75 Å². The molecule has 0 saturated carbocycles. The van der Waals surface area contributed by atoms with E-state index in [1.807, 2.05) is 6.07 Å². The summed E-state index contributed by atoms with van der Waals surface area (Å²) in [5, 5.41) is 0. The highest BCUT2D eigenvalue weighted by Gasteiger charge is 2.23. The largest absolute Gasteiger partial charge is 0.497 e. The Bertz CT molecular complexity index is 566. The van der Waals surface area contributed by atoms with Crippen LogP contribution in [0.4, 0.5) is 5.69 Å². The fraction of sp³-hybridized carbons (Fsp3) is 0.632. The van der Waals surface area contributed by atoms with Crippen molar-refractivity contribution in [3.63, 3.8) is 0 Å². The van der Waals surface area contributed by atoms with E-state index in [2.05, 4.69) is 39.9 Å². The number of nitrogens with zero attached hydrogens (tertiary/aromatic N) is 3. The summed E-state index contributed by atoms with van der Waals surface area (Å²) in [6.45, 7) is 7.37. The molecule has 2 aliphatic rings. The Balaban J connectivity index is 1.51. The van der Waals surface area contributed by atoms with E-state index in [1.165, 1.54) is 24.9 Å². The average molecular weight is 330 g/mol. The molecule has 1 aromatic carbocycles. The molecule has 1 unspecified atom stereocenters. The number of hydrogen-bond donors (Lipinski definition) is 1. The van der Waals surface area contributed by atoms with Gasteiger partial charge in [0.2, 0.25) is 0 Å². The Labute approximate surface area is 145 Å². The molecule has 0 bridgehead atoms. The zero-order chi connectivity index (χ0) is 16.9. The molecule has 5 nitrogen and oxygen atoms in total. The van der Waals surface area contributed by atoms with E-state index in [-0.39, 0.29) is 0 Å². The van der Waals surface area contributed by atoms with Crippen molar-refractivity contribution in [3.05, 3.63) is 24.3 Å². The van der Waals surface area contributed by atoms with Crippen molar-refractivity contribution >= 4 is 11.6 Å². The Morgan fingerprint density at radius 1 is 1.25 bits per heavy atom. The van der Waals surface area contributed by atoms with Gasteiger partial charge in [-0.15, -0.1) is 0 Å². The third-order valence-electron chi connectivity index (χ3n) is 5.32. The van der Waals surface area contributed by atoms with Crippen LogP contribution in [0.25, 0.3) is 0 Å². The molecule has 5 heteroatoms. The molecular weight excluding hydrogens is 300 g/mol. The van der Waals surface area contributed by atoms with Gasteiger partial charge in [-0.3, -0.25) is 4.99 Å². The third-order valence-corrected chi connectivity index (χ3v) is 5.32. The number of methoxy groups -OCH3 is 1. The molecule has 1 atom stereocenters. The number of ether oxygens (including phenoxy) is 1. The van der Waals surface area contributed by atoms with Gasteiger partial charge in [-0.1, -0.05) is 13.0 Å². The number of piperidine rings is 1. The van der Waals surface area contributed by atoms with Crippen LogP contribution in [0.3, 0.4) is 0 Å². The van der Waals surface area contributed by atoms with E-state index >= 15 is 0 Å². The van der Waals surface area contributed by atoms with Crippen molar-refractivity contribution in [2.45, 2.75) is 26.2 Å². The maximum absolute atomic E-state index is 6.20. The van der Waals surface area contributed by atoms with Crippen LogP contribution in [-0.2, 0) is 0 Å². The SMILES string of the molecule is COc1cccc(N2CCC(CN=C(N)N3CCC(C)CC3)C2)c1. The lowest BCUT2D eigenvalue weighted by molar-refractivity contribution is 0.277. The number of likely N-dealkylation sites (tertiary alicyclic amines) is 1. The first-order valence-electron chi connectivity index (χ1n) is 9.09. The molecular formula is C19H30N4O. The van der Waals surface area contributed by atoms with Crippen molar-refractivity contribution in [1.29, 1.82) is 0 Å². The smallest absolute Gasteiger partial charge is 0.191 e. The van der Waals surface area contributed by atoms with Gasteiger partial charge in [0.25, 0.3) is 0 Å². The first-order chi connectivity index (χ1) is 11.7. The number of rotatable bonds is 4. The number of anilines is 1. The second kappa shape index (κ2) is 7.77. The molecule has 132 valence electrons. The van der Waals surface area contributed by atoms with E-state index < -0.39 is 0 Å². The Hall–Kier alpha value is -1.91. The molecule has 0 spiro atoms. The molecule has 2 saturated heterocycles. The Morgan fingerprint density at radius 3 is 2.79 bits per heavy atom. The lowest BCUT2D eigenvalue weighted by Crippen LogP contribution is -2.42. The van der Waals surface area contributed by atoms with Crippen molar-refractivity contribution in [2.24, 2.45) is 22.6 Å². The first kappa shape index (κ1) is 16.9. The summed E-state index contributed by atoms with van der Waals surface area (Å²) in [7, 11) is 1.71. The van der Waals surface area contributed by atoms with Crippen LogP contribution in [0.2, 0.25) is 0 Å². The molecule has 0 aliphatic carbocycles. The van der Waals surface area contributed by atoms with Gasteiger partial charge < -0.3 is 20.3 Å². The van der Waals surface area contributed by atoms with Gasteiger partial charge in [0.1, 0.15) is 5.75 Å². The molecule has 1 aromatic rings. The molecule has 2 N–H and O–H groups in total. The summed E-state index contributed by atoms with van der Waals surface area (Å²) in [5.74, 6) is 3.05. The van der Waals surface area contributed by atoms with Crippen LogP contribution in [0.1, 0.15) is 26.2 Å². The monoisotopic (exact) mass is 330 g/mol. The summed E-state index contributed by atoms with van der Waals surface area (Å²) in [6, 6.07) is 8.29. The number of aliphatic imine (C=N–C) groups is 1. The van der Waals surface area contributed by atoms with Gasteiger partial charge in [-0.25, -0.2) is 0 Å². The molecule has 2 aliphatic heterocycles. The number of nitrogens with two attached hydrogens (primary N) is 1. The van der Waals surface area contributed by atoms with E-state index in [0.717, 1.165) is 50.4 Å². The van der Waals surface area contributed by atoms with Gasteiger partial charge in [0.15, 0.2) is 5.96 Å². The van der Waals surface area contributed by atoms with E-state index in [1.54, 1.807) is 7.11 Å². The fourth-order valence-corrected chi connectivity index (χ4v) is 3.58. The maximum Gasteiger partial charge on any atom is 0.191 e. The molecule has 24 heavy (non-hydrogen) atoms. The lowest BCUT2D eigenvalue weighted by atomic mass is 10.00. The zero-order valence-corrected chi connectivity index (χ0v) is 14.9. The highest BCUT2D eigenvalue weighted by Crippen LogP contribution is 2.27. The molecule has 0 aromatic heterocycles. The zero-order valence-electron chi connectivity index (χ0n) is 14.9. The van der Waals surface area contributed by atoms with Crippen molar-refractivity contribution < 1.29 is 4.74 Å². The van der Waals surface area contributed by atoms with Gasteiger partial charge >= 0.3 is 0 Å². The lowest BCUT2D eigenvalue weighted by Gasteiger charge is -2.31. The Morgan fingerprint density at radius 2 is 2.04 bits per heavy atom. The van der Waals surface area contributed by atoms with Crippen molar-refractivity contribution in [2.75, 3.05) is 44.7 Å². The highest BCUT2D eigenvalue weighted by molar-refractivity contribution is 5.78. The topological polar surface area (TPSA) is 54.1 Å². The molecule has 2 heterocycles. The van der Waals surface area contributed by atoms with Crippen LogP contribution in [-0.4, -0.2) is 50.7 Å². The van der Waals surface area contributed by atoms with E-state index in [0.29, 0.717) is 5.92 Å². The van der Waals surface area contributed by atoms with Gasteiger partial charge in [-0.05, 0) is 43.2 Å². The normalized spacial score (nSPS) is 22.9. The summed E-state index contributed by atoms with van der Waals surface area (Å²) in [4.78, 5) is 9.35. The molecule has 0 amide bonds. The van der Waals surface area contributed by atoms with Gasteiger partial charge in [0, 0.05) is 44.5 Å². The minimum atomic E-state index is 0.582. The van der Waals surface area contributed by atoms with Crippen LogP contribution >= 0.6 is 0 Å². The highest BCUT2D eigenvalue weighted by atomic mass is 16.5. The van der Waals surface area contributed by atoms with Crippen LogP contribution in [0, 0.1) is 11.8 Å². The number of guanidine groups is 1. The van der Waals surface area contributed by atoms with Crippen LogP contribution in [0.15, 0.2) is 29.3 Å². The minimum absolute atomic E-state index is 0.582. The quantitative estimate of drug-likeness (QED) is 0.681. The van der Waals surface area contributed by atoms with Crippen LogP contribution in [0.5, 0.6) is 5.75 Å². The molecule has 2 fully saturated rings. The minimum Gasteiger partial charge on any atom is -0.497 e. The summed E-state index contributed by atoms with van der Waals surface area (Å²) in [5.41, 5.74) is 7.44. The molecule has 0 radical (unpaired) electrons. The average Bonchev–Trinajstić information content (AvgIpc) is 3.09. The standard InChI is InChI=1S/C19H30N4O/c1-15-6-9-22(10-7-15)19(20)21-13-16-8-11-23(14-16)17-4-3-5-18(12-17)24-2/h3-5,12,15-16H,6-11,13-14H2,1-2H3,(H2,20,21). The number of hydrogen-bond acceptors (Lipinski definition) is 3. The van der Waals surface area contributed by atoms with Crippen LogP contribution < -0.4 is 15.4 Å². The van der Waals surface area contributed by atoms with E-state index in [4.69, 9.17) is 10.5 Å². The van der Waals surface area contributed by atoms with Crippen molar-refractivity contribution in [1.82, 2.24) is 4.90 Å². The summed E-state index contributed by atoms with van der Waals surface area (Å²) in [6.07, 6.45) is 3.62. The summed E-state index contributed by atoms with van der Waals surface area (Å²) >= 11 is 0. The Kier molecular flexibility index (Phi) is 5.48. The number of benzene rings is 1. The fourth-order valence-electron chi connectivity index (χ4n) is 3.58. The third kappa shape index (κ3) is 4.13. The predicted molar refractivity (Wildman–Crippen MR) is 99.8 cm³/mol. The predicted octanol–water partition coefficient (Wildman–Crippen LogP) is 2.57. The summed E-state index contributed by atoms with van der Waals surface area (Å²) < 4.78 is 5.32. The first-order valence-corrected chi connectivity index (χ1v) is 9.09.